The van der Waals surface area contributed by atoms with Gasteiger partial charge in [-0.1, -0.05) is 17.3 Å². The van der Waals surface area contributed by atoms with Gasteiger partial charge in [-0.25, -0.2) is 13.2 Å². The van der Waals surface area contributed by atoms with Crippen molar-refractivity contribution in [2.45, 2.75) is 6.61 Å². The number of rotatable bonds is 3. The van der Waals surface area contributed by atoms with Crippen molar-refractivity contribution in [1.29, 1.82) is 0 Å². The quantitative estimate of drug-likeness (QED) is 0.798. The summed E-state index contributed by atoms with van der Waals surface area (Å²) in [6.07, 6.45) is 0. The molecular formula is C16H10F3NO2. The lowest BCUT2D eigenvalue weighted by molar-refractivity contribution is 0.281. The fourth-order valence-corrected chi connectivity index (χ4v) is 2.18. The van der Waals surface area contributed by atoms with Gasteiger partial charge in [0.2, 0.25) is 0 Å². The second-order valence-corrected chi connectivity index (χ2v) is 4.61. The van der Waals surface area contributed by atoms with E-state index in [0.717, 1.165) is 12.1 Å². The highest BCUT2D eigenvalue weighted by molar-refractivity contribution is 5.72. The Bertz CT molecular complexity index is 830. The molecule has 0 amide bonds. The molecule has 2 aromatic carbocycles. The molecule has 1 aromatic heterocycles. The van der Waals surface area contributed by atoms with E-state index >= 15 is 0 Å². The third kappa shape index (κ3) is 2.37. The van der Waals surface area contributed by atoms with Gasteiger partial charge in [-0.2, -0.15) is 0 Å². The second-order valence-electron chi connectivity index (χ2n) is 4.61. The van der Waals surface area contributed by atoms with Crippen molar-refractivity contribution in [2.75, 3.05) is 0 Å². The molecule has 3 nitrogen and oxygen atoms in total. The Balaban J connectivity index is 2.15. The lowest BCUT2D eigenvalue weighted by Gasteiger charge is -2.03. The highest BCUT2D eigenvalue weighted by Crippen LogP contribution is 2.33. The first-order chi connectivity index (χ1) is 10.6. The van der Waals surface area contributed by atoms with Crippen LogP contribution in [0.3, 0.4) is 0 Å². The Hall–Kier alpha value is -2.60. The zero-order valence-electron chi connectivity index (χ0n) is 11.2. The van der Waals surface area contributed by atoms with Crippen LogP contribution in [0.25, 0.3) is 22.6 Å². The second kappa shape index (κ2) is 5.65. The minimum absolute atomic E-state index is 0.0559. The number of aliphatic hydroxyl groups excluding tert-OH is 1. The molecule has 0 saturated carbocycles. The molecular weight excluding hydrogens is 295 g/mol. The number of benzene rings is 2. The van der Waals surface area contributed by atoms with E-state index in [9.17, 15) is 18.3 Å². The van der Waals surface area contributed by atoms with E-state index in [2.05, 4.69) is 5.16 Å². The van der Waals surface area contributed by atoms with Crippen molar-refractivity contribution in [3.05, 3.63) is 65.5 Å². The van der Waals surface area contributed by atoms with Gasteiger partial charge in [-0.3, -0.25) is 0 Å². The summed E-state index contributed by atoms with van der Waals surface area (Å²) in [5, 5.41) is 13.3. The Labute approximate surface area is 123 Å². The highest BCUT2D eigenvalue weighted by Gasteiger charge is 2.21. The van der Waals surface area contributed by atoms with Crippen molar-refractivity contribution < 1.29 is 22.8 Å². The van der Waals surface area contributed by atoms with Crippen LogP contribution in [0.5, 0.6) is 0 Å². The van der Waals surface area contributed by atoms with Crippen LogP contribution in [0.2, 0.25) is 0 Å². The number of nitrogens with zero attached hydrogens (tertiary/aromatic N) is 1. The Morgan fingerprint density at radius 3 is 2.41 bits per heavy atom. The highest BCUT2D eigenvalue weighted by atomic mass is 19.2. The van der Waals surface area contributed by atoms with E-state index in [1.807, 2.05) is 0 Å². The zero-order valence-corrected chi connectivity index (χ0v) is 11.2. The monoisotopic (exact) mass is 305 g/mol. The van der Waals surface area contributed by atoms with E-state index in [1.165, 1.54) is 24.3 Å². The summed E-state index contributed by atoms with van der Waals surface area (Å²) in [6, 6.07) is 9.05. The third-order valence-electron chi connectivity index (χ3n) is 3.26. The molecule has 3 aromatic rings. The van der Waals surface area contributed by atoms with Crippen molar-refractivity contribution in [2.24, 2.45) is 0 Å². The summed E-state index contributed by atoms with van der Waals surface area (Å²) >= 11 is 0. The third-order valence-corrected chi connectivity index (χ3v) is 3.26. The maximum atomic E-state index is 13.8. The van der Waals surface area contributed by atoms with Crippen molar-refractivity contribution in [3.63, 3.8) is 0 Å². The molecule has 22 heavy (non-hydrogen) atoms. The molecule has 0 fully saturated rings. The fourth-order valence-electron chi connectivity index (χ4n) is 2.18. The van der Waals surface area contributed by atoms with Crippen molar-refractivity contribution in [3.8, 4) is 22.6 Å². The summed E-state index contributed by atoms with van der Waals surface area (Å²) in [4.78, 5) is 0. The molecule has 0 unspecified atom stereocenters. The average Bonchev–Trinajstić information content (AvgIpc) is 2.94. The van der Waals surface area contributed by atoms with Gasteiger partial charge >= 0.3 is 0 Å². The number of hydrogen-bond donors (Lipinski definition) is 1. The SMILES string of the molecule is OCc1c(-c2ccc(F)c(F)c2)noc1-c1ccccc1F. The van der Waals surface area contributed by atoms with Crippen molar-refractivity contribution >= 4 is 0 Å². The maximum absolute atomic E-state index is 13.8. The van der Waals surface area contributed by atoms with Gasteiger partial charge in [0, 0.05) is 5.56 Å². The Morgan fingerprint density at radius 1 is 0.955 bits per heavy atom. The van der Waals surface area contributed by atoms with Gasteiger partial charge in [0.05, 0.1) is 17.7 Å². The molecule has 0 saturated heterocycles. The predicted molar refractivity (Wildman–Crippen MR) is 73.2 cm³/mol. The van der Waals surface area contributed by atoms with Crippen LogP contribution in [0, 0.1) is 17.5 Å². The first-order valence-electron chi connectivity index (χ1n) is 6.41. The molecule has 0 spiro atoms. The van der Waals surface area contributed by atoms with Crippen LogP contribution < -0.4 is 0 Å². The molecule has 6 heteroatoms. The topological polar surface area (TPSA) is 46.3 Å². The largest absolute Gasteiger partial charge is 0.391 e. The molecule has 3 rings (SSSR count). The van der Waals surface area contributed by atoms with Crippen LogP contribution in [-0.4, -0.2) is 10.3 Å². The minimum Gasteiger partial charge on any atom is -0.391 e. The molecule has 112 valence electrons. The molecule has 0 aliphatic rings. The van der Waals surface area contributed by atoms with Gasteiger partial charge in [0.1, 0.15) is 11.5 Å². The number of aliphatic hydroxyl groups is 1. The minimum atomic E-state index is -1.04. The first-order valence-corrected chi connectivity index (χ1v) is 6.41. The average molecular weight is 305 g/mol. The van der Waals surface area contributed by atoms with Gasteiger partial charge < -0.3 is 9.63 Å². The Kier molecular flexibility index (Phi) is 3.68. The van der Waals surface area contributed by atoms with Gasteiger partial charge in [0.25, 0.3) is 0 Å². The normalized spacial score (nSPS) is 10.9. The molecule has 1 N–H and O–H groups in total. The van der Waals surface area contributed by atoms with E-state index in [4.69, 9.17) is 4.52 Å². The van der Waals surface area contributed by atoms with Gasteiger partial charge in [-0.15, -0.1) is 0 Å². The van der Waals surface area contributed by atoms with E-state index in [1.54, 1.807) is 6.07 Å². The number of aromatic nitrogens is 1. The standard InChI is InChI=1S/C16H10F3NO2/c17-12-4-2-1-3-10(12)16-11(8-21)15(20-22-16)9-5-6-13(18)14(19)7-9/h1-7,21H,8H2. The van der Waals surface area contributed by atoms with E-state index < -0.39 is 24.1 Å². The lowest BCUT2D eigenvalue weighted by Crippen LogP contribution is -1.92. The van der Waals surface area contributed by atoms with Crippen LogP contribution in [0.1, 0.15) is 5.56 Å². The van der Waals surface area contributed by atoms with E-state index in [0.29, 0.717) is 0 Å². The summed E-state index contributed by atoms with van der Waals surface area (Å²) in [5.74, 6) is -2.52. The molecule has 0 atom stereocenters. The summed E-state index contributed by atoms with van der Waals surface area (Å²) < 4.78 is 45.3. The first kappa shape index (κ1) is 14.3. The smallest absolute Gasteiger partial charge is 0.175 e. The summed E-state index contributed by atoms with van der Waals surface area (Å²) in [6.45, 7) is -0.485. The van der Waals surface area contributed by atoms with Crippen LogP contribution in [-0.2, 0) is 6.61 Å². The number of halogens is 3. The summed E-state index contributed by atoms with van der Waals surface area (Å²) in [7, 11) is 0. The van der Waals surface area contributed by atoms with Crippen molar-refractivity contribution in [1.82, 2.24) is 5.16 Å². The number of hydrogen-bond acceptors (Lipinski definition) is 3. The van der Waals surface area contributed by atoms with Gasteiger partial charge in [0.15, 0.2) is 17.4 Å². The molecule has 0 radical (unpaired) electrons. The fraction of sp³-hybridized carbons (Fsp3) is 0.0625. The maximum Gasteiger partial charge on any atom is 0.175 e. The molecule has 0 bridgehead atoms. The van der Waals surface area contributed by atoms with E-state index in [-0.39, 0.29) is 28.1 Å². The van der Waals surface area contributed by atoms with Crippen LogP contribution in [0.15, 0.2) is 47.0 Å². The van der Waals surface area contributed by atoms with Crippen LogP contribution >= 0.6 is 0 Å². The van der Waals surface area contributed by atoms with Crippen LogP contribution in [0.4, 0.5) is 13.2 Å². The lowest BCUT2D eigenvalue weighted by atomic mass is 10.0. The predicted octanol–water partition coefficient (Wildman–Crippen LogP) is 3.92. The Morgan fingerprint density at radius 2 is 1.73 bits per heavy atom. The van der Waals surface area contributed by atoms with Gasteiger partial charge in [-0.05, 0) is 30.3 Å². The zero-order chi connectivity index (χ0) is 15.7. The molecule has 0 aliphatic carbocycles. The molecule has 0 aliphatic heterocycles. The summed E-state index contributed by atoms with van der Waals surface area (Å²) in [5.41, 5.74) is 0.706. The molecule has 1 heterocycles.